The second kappa shape index (κ2) is 7.43. The van der Waals surface area contributed by atoms with Crippen molar-refractivity contribution < 1.29 is 13.2 Å². The van der Waals surface area contributed by atoms with E-state index in [0.717, 1.165) is 16.7 Å². The topological polar surface area (TPSA) is 68.3 Å². The number of aryl methyl sites for hydroxylation is 1. The highest BCUT2D eigenvalue weighted by Crippen LogP contribution is 2.29. The van der Waals surface area contributed by atoms with Crippen molar-refractivity contribution in [1.82, 2.24) is 9.71 Å². The number of aromatic nitrogens is 1. The maximum atomic E-state index is 12.9. The number of fused-ring (bicyclic) bond motifs is 1. The molecule has 0 amide bonds. The van der Waals surface area contributed by atoms with Gasteiger partial charge in [0.05, 0.1) is 11.5 Å². The van der Waals surface area contributed by atoms with E-state index >= 15 is 0 Å². The summed E-state index contributed by atoms with van der Waals surface area (Å²) in [4.78, 5) is 4.50. The first kappa shape index (κ1) is 18.4. The largest absolute Gasteiger partial charge is 0.492 e. The van der Waals surface area contributed by atoms with Gasteiger partial charge in [-0.25, -0.2) is 13.1 Å². The Kier molecular flexibility index (Phi) is 5.25. The van der Waals surface area contributed by atoms with E-state index in [0.29, 0.717) is 23.3 Å². The summed E-state index contributed by atoms with van der Waals surface area (Å²) < 4.78 is 34.1. The fraction of sp³-hybridized carbons (Fsp3) is 0.250. The van der Waals surface area contributed by atoms with Crippen molar-refractivity contribution in [2.45, 2.75) is 32.2 Å². The average molecular weight is 370 g/mol. The third kappa shape index (κ3) is 3.57. The molecular formula is C20H22N2O3S. The van der Waals surface area contributed by atoms with Crippen LogP contribution in [0.5, 0.6) is 5.75 Å². The summed E-state index contributed by atoms with van der Waals surface area (Å²) in [5, 5.41) is 0.548. The number of hydrogen-bond acceptors (Lipinski definition) is 4. The van der Waals surface area contributed by atoms with E-state index in [1.165, 1.54) is 0 Å². The van der Waals surface area contributed by atoms with Gasteiger partial charge in [-0.2, -0.15) is 0 Å². The van der Waals surface area contributed by atoms with Gasteiger partial charge in [0.25, 0.3) is 0 Å². The summed E-state index contributed by atoms with van der Waals surface area (Å²) in [6, 6.07) is 12.6. The summed E-state index contributed by atoms with van der Waals surface area (Å²) in [5.41, 5.74) is 3.73. The molecule has 26 heavy (non-hydrogen) atoms. The van der Waals surface area contributed by atoms with Crippen LogP contribution in [0.1, 0.15) is 23.6 Å². The Morgan fingerprint density at radius 3 is 2.65 bits per heavy atom. The van der Waals surface area contributed by atoms with Crippen LogP contribution in [0, 0.1) is 13.8 Å². The summed E-state index contributed by atoms with van der Waals surface area (Å²) in [6.45, 7) is 6.62. The molecule has 1 N–H and O–H groups in total. The van der Waals surface area contributed by atoms with Gasteiger partial charge in [0, 0.05) is 18.1 Å². The third-order valence-electron chi connectivity index (χ3n) is 4.45. The molecule has 0 saturated heterocycles. The van der Waals surface area contributed by atoms with Gasteiger partial charge in [0.15, 0.2) is 0 Å². The molecule has 6 heteroatoms. The Morgan fingerprint density at radius 1 is 1.08 bits per heavy atom. The Hall–Kier alpha value is -2.44. The Morgan fingerprint density at radius 2 is 1.88 bits per heavy atom. The van der Waals surface area contributed by atoms with Crippen molar-refractivity contribution in [3.8, 4) is 5.75 Å². The van der Waals surface area contributed by atoms with Crippen LogP contribution in [0.25, 0.3) is 10.9 Å². The Balaban J connectivity index is 1.97. The Bertz CT molecular complexity index is 1050. The normalized spacial score (nSPS) is 11.7. The molecule has 0 spiro atoms. The zero-order valence-electron chi connectivity index (χ0n) is 15.1. The number of rotatable bonds is 6. The van der Waals surface area contributed by atoms with Gasteiger partial charge < -0.3 is 4.74 Å². The van der Waals surface area contributed by atoms with Gasteiger partial charge in [0.2, 0.25) is 10.0 Å². The van der Waals surface area contributed by atoms with Crippen LogP contribution in [0.3, 0.4) is 0 Å². The van der Waals surface area contributed by atoms with E-state index in [1.54, 1.807) is 30.5 Å². The first-order chi connectivity index (χ1) is 12.4. The second-order valence-corrected chi connectivity index (χ2v) is 7.81. The second-order valence-electron chi connectivity index (χ2n) is 6.08. The third-order valence-corrected chi connectivity index (χ3v) is 5.91. The molecular weight excluding hydrogens is 348 g/mol. The van der Waals surface area contributed by atoms with Gasteiger partial charge in [-0.1, -0.05) is 18.2 Å². The molecule has 0 radical (unpaired) electrons. The standard InChI is InChI=1S/C20H22N2O3S/c1-4-25-18-10-11-19(17-9-6-12-21-20(17)18)26(23,24)22-13-16-8-5-7-14(2)15(16)3/h5-12,22H,4,13H2,1-3H3. The molecule has 2 aromatic carbocycles. The molecule has 1 heterocycles. The van der Waals surface area contributed by atoms with Crippen molar-refractivity contribution in [2.75, 3.05) is 6.61 Å². The van der Waals surface area contributed by atoms with Gasteiger partial charge in [-0.3, -0.25) is 4.98 Å². The van der Waals surface area contributed by atoms with Crippen LogP contribution < -0.4 is 9.46 Å². The van der Waals surface area contributed by atoms with E-state index in [1.807, 2.05) is 39.0 Å². The van der Waals surface area contributed by atoms with E-state index in [2.05, 4.69) is 9.71 Å². The molecule has 1 aromatic heterocycles. The SMILES string of the molecule is CCOc1ccc(S(=O)(=O)NCc2cccc(C)c2C)c2cccnc12. The molecule has 3 aromatic rings. The molecule has 0 bridgehead atoms. The maximum Gasteiger partial charge on any atom is 0.241 e. The molecule has 0 unspecified atom stereocenters. The van der Waals surface area contributed by atoms with Crippen LogP contribution in [0.2, 0.25) is 0 Å². The highest BCUT2D eigenvalue weighted by Gasteiger charge is 2.20. The van der Waals surface area contributed by atoms with Crippen LogP contribution in [0.15, 0.2) is 53.6 Å². The van der Waals surface area contributed by atoms with Crippen molar-refractivity contribution >= 4 is 20.9 Å². The van der Waals surface area contributed by atoms with E-state index in [4.69, 9.17) is 4.74 Å². The lowest BCUT2D eigenvalue weighted by atomic mass is 10.0. The minimum atomic E-state index is -3.69. The summed E-state index contributed by atoms with van der Waals surface area (Å²) in [7, 11) is -3.69. The fourth-order valence-corrected chi connectivity index (χ4v) is 4.08. The summed E-state index contributed by atoms with van der Waals surface area (Å²) in [6.07, 6.45) is 1.63. The lowest BCUT2D eigenvalue weighted by Crippen LogP contribution is -2.24. The van der Waals surface area contributed by atoms with Crippen molar-refractivity contribution in [1.29, 1.82) is 0 Å². The van der Waals surface area contributed by atoms with E-state index in [-0.39, 0.29) is 11.4 Å². The predicted octanol–water partition coefficient (Wildman–Crippen LogP) is 3.73. The quantitative estimate of drug-likeness (QED) is 0.718. The molecule has 0 fully saturated rings. The zero-order chi connectivity index (χ0) is 18.7. The number of nitrogens with one attached hydrogen (secondary N) is 1. The number of benzene rings is 2. The first-order valence-corrected chi connectivity index (χ1v) is 9.97. The number of nitrogens with zero attached hydrogens (tertiary/aromatic N) is 1. The summed E-state index contributed by atoms with van der Waals surface area (Å²) in [5.74, 6) is 0.580. The van der Waals surface area contributed by atoms with Crippen molar-refractivity contribution in [3.63, 3.8) is 0 Å². The van der Waals surface area contributed by atoms with Crippen molar-refractivity contribution in [2.24, 2.45) is 0 Å². The maximum absolute atomic E-state index is 12.9. The first-order valence-electron chi connectivity index (χ1n) is 8.49. The van der Waals surface area contributed by atoms with E-state index in [9.17, 15) is 8.42 Å². The molecule has 0 atom stereocenters. The molecule has 136 valence electrons. The van der Waals surface area contributed by atoms with Gasteiger partial charge in [0.1, 0.15) is 11.3 Å². The van der Waals surface area contributed by atoms with Crippen LogP contribution in [-0.2, 0) is 16.6 Å². The van der Waals surface area contributed by atoms with Crippen LogP contribution in [0.4, 0.5) is 0 Å². The molecule has 0 aliphatic heterocycles. The predicted molar refractivity (Wildman–Crippen MR) is 103 cm³/mol. The molecule has 5 nitrogen and oxygen atoms in total. The number of pyridine rings is 1. The highest BCUT2D eigenvalue weighted by molar-refractivity contribution is 7.89. The minimum absolute atomic E-state index is 0.203. The zero-order valence-corrected chi connectivity index (χ0v) is 15.9. The fourth-order valence-electron chi connectivity index (χ4n) is 2.88. The van der Waals surface area contributed by atoms with Crippen molar-refractivity contribution in [3.05, 3.63) is 65.4 Å². The summed E-state index contributed by atoms with van der Waals surface area (Å²) >= 11 is 0. The van der Waals surface area contributed by atoms with Crippen LogP contribution >= 0.6 is 0 Å². The van der Waals surface area contributed by atoms with Gasteiger partial charge in [-0.15, -0.1) is 0 Å². The smallest absolute Gasteiger partial charge is 0.241 e. The number of ether oxygens (including phenoxy) is 1. The molecule has 0 saturated carbocycles. The molecule has 0 aliphatic rings. The van der Waals surface area contributed by atoms with Crippen LogP contribution in [-0.4, -0.2) is 20.0 Å². The van der Waals surface area contributed by atoms with E-state index < -0.39 is 10.0 Å². The Labute approximate surface area is 154 Å². The monoisotopic (exact) mass is 370 g/mol. The average Bonchev–Trinajstić information content (AvgIpc) is 2.63. The highest BCUT2D eigenvalue weighted by atomic mass is 32.2. The lowest BCUT2D eigenvalue weighted by Gasteiger charge is -2.13. The number of hydrogen-bond donors (Lipinski definition) is 1. The molecule has 0 aliphatic carbocycles. The van der Waals surface area contributed by atoms with Gasteiger partial charge >= 0.3 is 0 Å². The lowest BCUT2D eigenvalue weighted by molar-refractivity contribution is 0.343. The van der Waals surface area contributed by atoms with Gasteiger partial charge in [-0.05, 0) is 61.7 Å². The number of sulfonamides is 1. The molecule has 3 rings (SSSR count). The minimum Gasteiger partial charge on any atom is -0.492 e.